The second kappa shape index (κ2) is 6.87. The van der Waals surface area contributed by atoms with Crippen LogP contribution in [0, 0.1) is 0 Å². The van der Waals surface area contributed by atoms with Gasteiger partial charge in [0.1, 0.15) is 11.9 Å². The quantitative estimate of drug-likeness (QED) is 0.878. The molecule has 1 N–H and O–H groups in total. The molecule has 3 heteroatoms. The fourth-order valence-corrected chi connectivity index (χ4v) is 2.05. The highest BCUT2D eigenvalue weighted by Crippen LogP contribution is 2.21. The summed E-state index contributed by atoms with van der Waals surface area (Å²) < 4.78 is 5.09. The molecule has 0 aromatic heterocycles. The summed E-state index contributed by atoms with van der Waals surface area (Å²) >= 11 is 0. The summed E-state index contributed by atoms with van der Waals surface area (Å²) in [5, 5.41) is 10.1. The summed E-state index contributed by atoms with van der Waals surface area (Å²) in [6, 6.07) is 16.7. The normalized spacial score (nSPS) is 11.9. The van der Waals surface area contributed by atoms with Crippen LogP contribution in [-0.2, 0) is 11.2 Å². The van der Waals surface area contributed by atoms with Crippen LogP contribution >= 0.6 is 0 Å². The maximum Gasteiger partial charge on any atom is 0.166 e. The van der Waals surface area contributed by atoms with Gasteiger partial charge in [-0.15, -0.1) is 0 Å². The van der Waals surface area contributed by atoms with Crippen molar-refractivity contribution in [1.29, 1.82) is 0 Å². The highest BCUT2D eigenvalue weighted by molar-refractivity contribution is 5.84. The van der Waals surface area contributed by atoms with Crippen molar-refractivity contribution >= 4 is 5.78 Å². The van der Waals surface area contributed by atoms with Crippen molar-refractivity contribution in [1.82, 2.24) is 0 Å². The van der Waals surface area contributed by atoms with Crippen LogP contribution in [0.1, 0.15) is 23.7 Å². The molecule has 0 saturated carbocycles. The minimum Gasteiger partial charge on any atom is -0.497 e. The highest BCUT2D eigenvalue weighted by Gasteiger charge is 2.17. The number of benzene rings is 2. The van der Waals surface area contributed by atoms with Crippen molar-refractivity contribution in [2.45, 2.75) is 18.9 Å². The van der Waals surface area contributed by atoms with Gasteiger partial charge in [-0.05, 0) is 29.7 Å². The Morgan fingerprint density at radius 3 is 2.60 bits per heavy atom. The van der Waals surface area contributed by atoms with E-state index in [1.54, 1.807) is 31.4 Å². The van der Waals surface area contributed by atoms with E-state index in [9.17, 15) is 9.90 Å². The first kappa shape index (κ1) is 14.3. The SMILES string of the molecule is COc1cccc(C(O)C(=O)CCc2ccccc2)c1. The van der Waals surface area contributed by atoms with E-state index in [4.69, 9.17) is 4.74 Å². The van der Waals surface area contributed by atoms with Crippen molar-refractivity contribution in [3.05, 3.63) is 65.7 Å². The predicted molar refractivity (Wildman–Crippen MR) is 77.7 cm³/mol. The first-order valence-electron chi connectivity index (χ1n) is 6.59. The Morgan fingerprint density at radius 1 is 1.15 bits per heavy atom. The third-order valence-corrected chi connectivity index (χ3v) is 3.22. The number of hydrogen-bond acceptors (Lipinski definition) is 3. The Labute approximate surface area is 118 Å². The van der Waals surface area contributed by atoms with Crippen LogP contribution in [-0.4, -0.2) is 18.0 Å². The molecule has 104 valence electrons. The van der Waals surface area contributed by atoms with Crippen LogP contribution < -0.4 is 4.74 Å². The molecule has 2 aromatic carbocycles. The number of carbonyl (C=O) groups excluding carboxylic acids is 1. The van der Waals surface area contributed by atoms with Crippen LogP contribution in [0.15, 0.2) is 54.6 Å². The van der Waals surface area contributed by atoms with E-state index in [1.807, 2.05) is 30.3 Å². The molecule has 20 heavy (non-hydrogen) atoms. The first-order chi connectivity index (χ1) is 9.70. The summed E-state index contributed by atoms with van der Waals surface area (Å²) in [5.74, 6) is 0.458. The standard InChI is InChI=1S/C17H18O3/c1-20-15-9-5-8-14(12-15)17(19)16(18)11-10-13-6-3-2-4-7-13/h2-9,12,17,19H,10-11H2,1H3. The maximum atomic E-state index is 12.0. The smallest absolute Gasteiger partial charge is 0.166 e. The first-order valence-corrected chi connectivity index (χ1v) is 6.59. The third kappa shape index (κ3) is 3.68. The number of methoxy groups -OCH3 is 1. The van der Waals surface area contributed by atoms with Crippen molar-refractivity contribution in [2.75, 3.05) is 7.11 Å². The zero-order valence-electron chi connectivity index (χ0n) is 11.5. The van der Waals surface area contributed by atoms with E-state index in [1.165, 1.54) is 0 Å². The largest absolute Gasteiger partial charge is 0.497 e. The lowest BCUT2D eigenvalue weighted by atomic mass is 10.00. The van der Waals surface area contributed by atoms with E-state index in [0.29, 0.717) is 24.2 Å². The summed E-state index contributed by atoms with van der Waals surface area (Å²) in [5.41, 5.74) is 1.67. The van der Waals surface area contributed by atoms with E-state index < -0.39 is 6.10 Å². The number of rotatable bonds is 6. The van der Waals surface area contributed by atoms with Gasteiger partial charge < -0.3 is 9.84 Å². The van der Waals surface area contributed by atoms with Crippen LogP contribution in [0.3, 0.4) is 0 Å². The third-order valence-electron chi connectivity index (χ3n) is 3.22. The van der Waals surface area contributed by atoms with E-state index in [-0.39, 0.29) is 5.78 Å². The fourth-order valence-electron chi connectivity index (χ4n) is 2.05. The molecule has 0 saturated heterocycles. The molecule has 2 aromatic rings. The molecule has 0 aliphatic rings. The van der Waals surface area contributed by atoms with Crippen molar-refractivity contribution in [3.8, 4) is 5.75 Å². The monoisotopic (exact) mass is 270 g/mol. The van der Waals surface area contributed by atoms with Gasteiger partial charge in [0.25, 0.3) is 0 Å². The van der Waals surface area contributed by atoms with Gasteiger partial charge in [-0.3, -0.25) is 4.79 Å². The fraction of sp³-hybridized carbons (Fsp3) is 0.235. The van der Waals surface area contributed by atoms with Crippen molar-refractivity contribution < 1.29 is 14.6 Å². The molecule has 0 amide bonds. The second-order valence-corrected chi connectivity index (χ2v) is 4.63. The number of aliphatic hydroxyl groups is 1. The minimum absolute atomic E-state index is 0.179. The summed E-state index contributed by atoms with van der Waals surface area (Å²) in [6.45, 7) is 0. The molecular formula is C17H18O3. The van der Waals surface area contributed by atoms with Gasteiger partial charge in [0.2, 0.25) is 0 Å². The number of ether oxygens (including phenoxy) is 1. The number of ketones is 1. The van der Waals surface area contributed by atoms with E-state index in [0.717, 1.165) is 5.56 Å². The van der Waals surface area contributed by atoms with E-state index >= 15 is 0 Å². The average molecular weight is 270 g/mol. The molecule has 1 unspecified atom stereocenters. The Kier molecular flexibility index (Phi) is 4.91. The maximum absolute atomic E-state index is 12.0. The van der Waals surface area contributed by atoms with Gasteiger partial charge in [-0.1, -0.05) is 42.5 Å². The molecule has 2 rings (SSSR count). The lowest BCUT2D eigenvalue weighted by Gasteiger charge is -2.11. The zero-order valence-corrected chi connectivity index (χ0v) is 11.5. The molecule has 3 nitrogen and oxygen atoms in total. The van der Waals surface area contributed by atoms with Crippen molar-refractivity contribution in [2.24, 2.45) is 0 Å². The lowest BCUT2D eigenvalue weighted by Crippen LogP contribution is -2.12. The molecule has 0 radical (unpaired) electrons. The van der Waals surface area contributed by atoms with Crippen LogP contribution in [0.25, 0.3) is 0 Å². The zero-order chi connectivity index (χ0) is 14.4. The van der Waals surface area contributed by atoms with Crippen LogP contribution in [0.2, 0.25) is 0 Å². The number of aryl methyl sites for hydroxylation is 1. The summed E-state index contributed by atoms with van der Waals surface area (Å²) in [7, 11) is 1.56. The number of hydrogen-bond donors (Lipinski definition) is 1. The number of Topliss-reactive ketones (excluding diaryl/α,β-unsaturated/α-hetero) is 1. The highest BCUT2D eigenvalue weighted by atomic mass is 16.5. The lowest BCUT2D eigenvalue weighted by molar-refractivity contribution is -0.127. The number of carbonyl (C=O) groups is 1. The predicted octanol–water partition coefficient (Wildman–Crippen LogP) is 2.93. The van der Waals surface area contributed by atoms with Gasteiger partial charge in [0.15, 0.2) is 5.78 Å². The van der Waals surface area contributed by atoms with Gasteiger partial charge >= 0.3 is 0 Å². The topological polar surface area (TPSA) is 46.5 Å². The van der Waals surface area contributed by atoms with Crippen LogP contribution in [0.4, 0.5) is 0 Å². The Hall–Kier alpha value is -2.13. The average Bonchev–Trinajstić information content (AvgIpc) is 2.53. The molecule has 1 atom stereocenters. The molecular weight excluding hydrogens is 252 g/mol. The van der Waals surface area contributed by atoms with Gasteiger partial charge in [-0.2, -0.15) is 0 Å². The Bertz CT molecular complexity index is 563. The number of aliphatic hydroxyl groups excluding tert-OH is 1. The molecule has 0 aliphatic heterocycles. The van der Waals surface area contributed by atoms with Gasteiger partial charge in [0.05, 0.1) is 7.11 Å². The molecule has 0 spiro atoms. The Balaban J connectivity index is 1.98. The molecule has 0 bridgehead atoms. The van der Waals surface area contributed by atoms with Gasteiger partial charge in [0, 0.05) is 6.42 Å². The minimum atomic E-state index is -1.09. The Morgan fingerprint density at radius 2 is 1.90 bits per heavy atom. The van der Waals surface area contributed by atoms with Crippen molar-refractivity contribution in [3.63, 3.8) is 0 Å². The second-order valence-electron chi connectivity index (χ2n) is 4.63. The molecule has 0 fully saturated rings. The van der Waals surface area contributed by atoms with Crippen LogP contribution in [0.5, 0.6) is 5.75 Å². The van der Waals surface area contributed by atoms with E-state index in [2.05, 4.69) is 0 Å². The van der Waals surface area contributed by atoms with Gasteiger partial charge in [-0.25, -0.2) is 0 Å². The summed E-state index contributed by atoms with van der Waals surface area (Å²) in [4.78, 5) is 12.0. The molecule has 0 aliphatic carbocycles. The summed E-state index contributed by atoms with van der Waals surface area (Å²) in [6.07, 6.45) is -0.128. The molecule has 0 heterocycles.